The van der Waals surface area contributed by atoms with E-state index >= 15 is 0 Å². The van der Waals surface area contributed by atoms with Gasteiger partial charge in [0.25, 0.3) is 5.91 Å². The summed E-state index contributed by atoms with van der Waals surface area (Å²) in [7, 11) is 0. The summed E-state index contributed by atoms with van der Waals surface area (Å²) < 4.78 is 51.9. The van der Waals surface area contributed by atoms with Gasteiger partial charge in [0.15, 0.2) is 5.82 Å². The lowest BCUT2D eigenvalue weighted by Gasteiger charge is -2.24. The quantitative estimate of drug-likeness (QED) is 0.185. The van der Waals surface area contributed by atoms with Gasteiger partial charge in [0.05, 0.1) is 30.4 Å². The maximum absolute atomic E-state index is 12.9. The Kier molecular flexibility index (Phi) is 8.79. The van der Waals surface area contributed by atoms with Gasteiger partial charge < -0.3 is 34.9 Å². The first-order valence-corrected chi connectivity index (χ1v) is 12.3. The van der Waals surface area contributed by atoms with Crippen LogP contribution in [0, 0.1) is 0 Å². The smallest absolute Gasteiger partial charge is 0.426 e. The number of hydrogen-bond acceptors (Lipinski definition) is 8. The van der Waals surface area contributed by atoms with Crippen molar-refractivity contribution in [1.82, 2.24) is 14.5 Å². The van der Waals surface area contributed by atoms with Gasteiger partial charge in [0.1, 0.15) is 23.3 Å². The molecule has 0 saturated heterocycles. The molecule has 4 rings (SSSR count). The molecular weight excluding hydrogens is 555 g/mol. The maximum atomic E-state index is 12.9. The highest BCUT2D eigenvalue weighted by molar-refractivity contribution is 6.32. The molecule has 4 N–H and O–H groups in total. The van der Waals surface area contributed by atoms with Crippen LogP contribution < -0.4 is 15.4 Å². The topological polar surface area (TPSA) is 131 Å². The van der Waals surface area contributed by atoms with Crippen molar-refractivity contribution < 1.29 is 37.7 Å². The molecule has 0 aliphatic carbocycles. The Morgan fingerprint density at radius 2 is 1.90 bits per heavy atom. The number of anilines is 3. The van der Waals surface area contributed by atoms with E-state index in [1.165, 1.54) is 30.6 Å². The molecule has 212 valence electrons. The second kappa shape index (κ2) is 12.1. The monoisotopic (exact) mass is 579 g/mol. The molecule has 10 nitrogen and oxygen atoms in total. The number of fused-ring (bicyclic) bond motifs is 1. The van der Waals surface area contributed by atoms with Gasteiger partial charge in [-0.1, -0.05) is 17.7 Å². The molecule has 1 unspecified atom stereocenters. The zero-order valence-electron chi connectivity index (χ0n) is 21.1. The van der Waals surface area contributed by atoms with Crippen molar-refractivity contribution in [2.75, 3.05) is 30.5 Å². The maximum Gasteiger partial charge on any atom is 0.426 e. The summed E-state index contributed by atoms with van der Waals surface area (Å²) in [6.07, 6.45) is -1.86. The number of carbonyl (C=O) groups excluding carboxylic acids is 1. The lowest BCUT2D eigenvalue weighted by molar-refractivity contribution is -0.242. The molecule has 1 amide bonds. The number of carbonyl (C=O) groups is 1. The van der Waals surface area contributed by atoms with E-state index in [9.17, 15) is 23.1 Å². The summed E-state index contributed by atoms with van der Waals surface area (Å²) >= 11 is 6.44. The summed E-state index contributed by atoms with van der Waals surface area (Å²) in [6.45, 7) is 1.47. The summed E-state index contributed by atoms with van der Waals surface area (Å²) in [5.41, 5.74) is -1.53. The first kappa shape index (κ1) is 29.1. The number of nitrogens with one attached hydrogen (secondary N) is 2. The van der Waals surface area contributed by atoms with Crippen molar-refractivity contribution in [3.8, 4) is 11.5 Å². The summed E-state index contributed by atoms with van der Waals surface area (Å²) in [5, 5.41) is 23.9. The minimum absolute atomic E-state index is 0.0148. The van der Waals surface area contributed by atoms with Gasteiger partial charge >= 0.3 is 6.18 Å². The van der Waals surface area contributed by atoms with Crippen LogP contribution in [0.3, 0.4) is 0 Å². The first-order chi connectivity index (χ1) is 19.0. The molecule has 0 fully saturated rings. The third kappa shape index (κ3) is 6.62. The molecule has 2 aromatic heterocycles. The molecule has 0 aliphatic heterocycles. The zero-order valence-corrected chi connectivity index (χ0v) is 21.8. The Hall–Kier alpha value is -3.91. The number of aliphatic hydroxyl groups is 2. The molecule has 0 saturated carbocycles. The highest BCUT2D eigenvalue weighted by atomic mass is 35.5. The fraction of sp³-hybridized carbons (Fsp3) is 0.269. The van der Waals surface area contributed by atoms with Gasteiger partial charge in [0.2, 0.25) is 5.60 Å². The van der Waals surface area contributed by atoms with Crippen LogP contribution in [0.4, 0.5) is 30.4 Å². The Morgan fingerprint density at radius 1 is 1.10 bits per heavy atom. The Balaban J connectivity index is 1.47. The number of hydrogen-bond donors (Lipinski definition) is 4. The van der Waals surface area contributed by atoms with Crippen LogP contribution >= 0.6 is 11.6 Å². The number of amides is 1. The van der Waals surface area contributed by atoms with Crippen molar-refractivity contribution in [3.05, 3.63) is 66.1 Å². The van der Waals surface area contributed by atoms with Crippen molar-refractivity contribution >= 4 is 45.7 Å². The van der Waals surface area contributed by atoms with E-state index in [1.807, 2.05) is 22.1 Å². The molecule has 2 heterocycles. The molecule has 2 aromatic carbocycles. The van der Waals surface area contributed by atoms with E-state index in [-0.39, 0.29) is 35.4 Å². The Morgan fingerprint density at radius 3 is 2.62 bits per heavy atom. The average molecular weight is 580 g/mol. The lowest BCUT2D eigenvalue weighted by Crippen LogP contribution is -2.52. The van der Waals surface area contributed by atoms with Crippen LogP contribution in [-0.4, -0.2) is 62.3 Å². The van der Waals surface area contributed by atoms with Crippen LogP contribution in [0.2, 0.25) is 5.02 Å². The van der Waals surface area contributed by atoms with Gasteiger partial charge in [-0.05, 0) is 43.3 Å². The molecule has 40 heavy (non-hydrogen) atoms. The standard InChI is InChI=1S/C26H25ClF3N5O5/c1-25(38,26(28,29)30)24(37)34-16-3-2-4-18(13-16)40-21-6-5-17(14-19(21)27)33-23-22-20(31-15-32-23)7-8-35(22)9-11-39-12-10-36/h2-8,13-15,36,38H,9-12H2,1H3,(H,34,37)(H,31,32,33). The number of rotatable bonds is 11. The summed E-state index contributed by atoms with van der Waals surface area (Å²) in [5.74, 6) is -0.672. The highest BCUT2D eigenvalue weighted by Crippen LogP contribution is 2.35. The Labute approximate surface area is 231 Å². The van der Waals surface area contributed by atoms with E-state index in [1.54, 1.807) is 18.2 Å². The van der Waals surface area contributed by atoms with Crippen molar-refractivity contribution in [2.24, 2.45) is 0 Å². The molecule has 1 atom stereocenters. The summed E-state index contributed by atoms with van der Waals surface area (Å²) in [4.78, 5) is 20.6. The molecule has 0 bridgehead atoms. The minimum atomic E-state index is -5.15. The Bertz CT molecular complexity index is 1500. The van der Waals surface area contributed by atoms with Crippen LogP contribution in [0.15, 0.2) is 61.1 Å². The summed E-state index contributed by atoms with van der Waals surface area (Å²) in [6, 6.07) is 12.4. The van der Waals surface area contributed by atoms with E-state index in [2.05, 4.69) is 15.3 Å². The first-order valence-electron chi connectivity index (χ1n) is 11.9. The molecule has 0 spiro atoms. The predicted octanol–water partition coefficient (Wildman–Crippen LogP) is 4.88. The van der Waals surface area contributed by atoms with Crippen LogP contribution in [0.1, 0.15) is 6.92 Å². The van der Waals surface area contributed by atoms with E-state index in [4.69, 9.17) is 26.2 Å². The number of nitrogens with zero attached hydrogens (tertiary/aromatic N) is 3. The normalized spacial score (nSPS) is 13.2. The molecule has 0 radical (unpaired) electrons. The lowest BCUT2D eigenvalue weighted by atomic mass is 10.1. The predicted molar refractivity (Wildman–Crippen MR) is 142 cm³/mol. The largest absolute Gasteiger partial charge is 0.456 e. The van der Waals surface area contributed by atoms with E-state index in [0.717, 1.165) is 11.0 Å². The van der Waals surface area contributed by atoms with Gasteiger partial charge in [-0.3, -0.25) is 4.79 Å². The number of aliphatic hydroxyl groups excluding tert-OH is 1. The number of benzene rings is 2. The fourth-order valence-electron chi connectivity index (χ4n) is 3.58. The minimum Gasteiger partial charge on any atom is -0.456 e. The average Bonchev–Trinajstić information content (AvgIpc) is 3.32. The number of halogens is 4. The van der Waals surface area contributed by atoms with Crippen molar-refractivity contribution in [1.29, 1.82) is 0 Å². The molecule has 0 aliphatic rings. The third-order valence-electron chi connectivity index (χ3n) is 5.77. The van der Waals surface area contributed by atoms with Gasteiger partial charge in [-0.2, -0.15) is 13.2 Å². The molecular formula is C26H25ClF3N5O5. The van der Waals surface area contributed by atoms with Gasteiger partial charge in [-0.25, -0.2) is 9.97 Å². The van der Waals surface area contributed by atoms with Crippen molar-refractivity contribution in [3.63, 3.8) is 0 Å². The zero-order chi connectivity index (χ0) is 28.9. The van der Waals surface area contributed by atoms with Gasteiger partial charge in [-0.15, -0.1) is 0 Å². The third-order valence-corrected chi connectivity index (χ3v) is 6.07. The van der Waals surface area contributed by atoms with Crippen LogP contribution in [-0.2, 0) is 16.1 Å². The highest BCUT2D eigenvalue weighted by Gasteiger charge is 2.55. The second-order valence-electron chi connectivity index (χ2n) is 8.73. The number of alkyl halides is 3. The van der Waals surface area contributed by atoms with Gasteiger partial charge in [0, 0.05) is 30.2 Å². The van der Waals surface area contributed by atoms with Crippen LogP contribution in [0.5, 0.6) is 11.5 Å². The van der Waals surface area contributed by atoms with E-state index < -0.39 is 17.7 Å². The molecule has 4 aromatic rings. The second-order valence-corrected chi connectivity index (χ2v) is 9.13. The fourth-order valence-corrected chi connectivity index (χ4v) is 3.80. The number of aromatic nitrogens is 3. The number of ether oxygens (including phenoxy) is 2. The van der Waals surface area contributed by atoms with Crippen molar-refractivity contribution in [2.45, 2.75) is 25.2 Å². The van der Waals surface area contributed by atoms with Crippen LogP contribution in [0.25, 0.3) is 11.0 Å². The molecule has 14 heteroatoms. The SMILES string of the molecule is CC(O)(C(=O)Nc1cccc(Oc2ccc(Nc3ncnc4ccn(CCOCCO)c34)cc2Cl)c1)C(F)(F)F. The van der Waals surface area contributed by atoms with E-state index in [0.29, 0.717) is 31.6 Å².